The van der Waals surface area contributed by atoms with Crippen LogP contribution < -0.4 is 10.1 Å². The van der Waals surface area contributed by atoms with E-state index in [9.17, 15) is 9.18 Å². The number of nitrogens with one attached hydrogen (secondary N) is 1. The van der Waals surface area contributed by atoms with Crippen LogP contribution in [0, 0.1) is 17.1 Å². The molecule has 0 aliphatic carbocycles. The van der Waals surface area contributed by atoms with Crippen molar-refractivity contribution in [1.29, 1.82) is 5.26 Å². The lowest BCUT2D eigenvalue weighted by molar-refractivity contribution is -0.123. The second-order valence-corrected chi connectivity index (χ2v) is 4.30. The van der Waals surface area contributed by atoms with Crippen LogP contribution in [0.1, 0.15) is 32.3 Å². The molecule has 1 N–H and O–H groups in total. The molecule has 19 heavy (non-hydrogen) atoms. The van der Waals surface area contributed by atoms with Crippen molar-refractivity contribution in [2.75, 3.05) is 6.61 Å². The van der Waals surface area contributed by atoms with Gasteiger partial charge in [-0.3, -0.25) is 4.79 Å². The van der Waals surface area contributed by atoms with Gasteiger partial charge in [-0.05, 0) is 25.5 Å². The van der Waals surface area contributed by atoms with Gasteiger partial charge in [-0.15, -0.1) is 0 Å². The predicted octanol–water partition coefficient (Wildman–Crippen LogP) is 2.38. The molecule has 4 nitrogen and oxygen atoms in total. The van der Waals surface area contributed by atoms with E-state index in [1.165, 1.54) is 12.1 Å². The third kappa shape index (κ3) is 4.96. The number of halogens is 1. The third-order valence-electron chi connectivity index (χ3n) is 2.56. The van der Waals surface area contributed by atoms with E-state index in [0.29, 0.717) is 0 Å². The molecule has 0 radical (unpaired) electrons. The molecule has 0 aliphatic rings. The fourth-order valence-corrected chi connectivity index (χ4v) is 1.65. The predicted molar refractivity (Wildman–Crippen MR) is 69.1 cm³/mol. The van der Waals surface area contributed by atoms with Crippen LogP contribution in [0.15, 0.2) is 18.2 Å². The Labute approximate surface area is 112 Å². The van der Waals surface area contributed by atoms with Crippen molar-refractivity contribution in [3.05, 3.63) is 29.6 Å². The van der Waals surface area contributed by atoms with Gasteiger partial charge in [0.15, 0.2) is 6.61 Å². The minimum absolute atomic E-state index is 0.0478. The minimum atomic E-state index is -0.653. The number of amides is 1. The highest BCUT2D eigenvalue weighted by Gasteiger charge is 2.08. The van der Waals surface area contributed by atoms with Crippen LogP contribution in [-0.4, -0.2) is 18.6 Å². The summed E-state index contributed by atoms with van der Waals surface area (Å²) in [6, 6.07) is 5.70. The maximum atomic E-state index is 13.3. The van der Waals surface area contributed by atoms with Gasteiger partial charge in [-0.1, -0.05) is 13.3 Å². The van der Waals surface area contributed by atoms with Crippen molar-refractivity contribution in [3.8, 4) is 11.8 Å². The van der Waals surface area contributed by atoms with E-state index in [-0.39, 0.29) is 29.9 Å². The fourth-order valence-electron chi connectivity index (χ4n) is 1.65. The van der Waals surface area contributed by atoms with Crippen molar-refractivity contribution in [1.82, 2.24) is 5.32 Å². The Bertz CT molecular complexity index is 483. The average molecular weight is 264 g/mol. The summed E-state index contributed by atoms with van der Waals surface area (Å²) in [5, 5.41) is 11.4. The van der Waals surface area contributed by atoms with E-state index in [0.717, 1.165) is 18.9 Å². The van der Waals surface area contributed by atoms with E-state index in [2.05, 4.69) is 5.32 Å². The molecule has 0 heterocycles. The molecule has 1 rings (SSSR count). The summed E-state index contributed by atoms with van der Waals surface area (Å²) in [5.74, 6) is -0.666. The number of nitrogens with zero attached hydrogens (tertiary/aromatic N) is 1. The Balaban J connectivity index is 2.47. The normalized spacial score (nSPS) is 11.5. The summed E-state index contributed by atoms with van der Waals surface area (Å²) < 4.78 is 18.4. The highest BCUT2D eigenvalue weighted by atomic mass is 19.1. The van der Waals surface area contributed by atoms with Crippen molar-refractivity contribution in [2.24, 2.45) is 0 Å². The number of carbonyl (C=O) groups excluding carboxylic acids is 1. The molecule has 1 aromatic rings. The second kappa shape index (κ2) is 7.37. The highest BCUT2D eigenvalue weighted by Crippen LogP contribution is 2.15. The van der Waals surface area contributed by atoms with Crippen LogP contribution in [-0.2, 0) is 4.79 Å². The van der Waals surface area contributed by atoms with Crippen LogP contribution >= 0.6 is 0 Å². The lowest BCUT2D eigenvalue weighted by atomic mass is 10.2. The van der Waals surface area contributed by atoms with Gasteiger partial charge in [0.1, 0.15) is 17.6 Å². The Hall–Kier alpha value is -2.09. The van der Waals surface area contributed by atoms with Gasteiger partial charge in [0.25, 0.3) is 5.91 Å². The third-order valence-corrected chi connectivity index (χ3v) is 2.56. The van der Waals surface area contributed by atoms with Gasteiger partial charge >= 0.3 is 0 Å². The zero-order chi connectivity index (χ0) is 14.3. The molecule has 0 aliphatic heterocycles. The quantitative estimate of drug-likeness (QED) is 0.858. The first-order chi connectivity index (χ1) is 9.06. The first-order valence-electron chi connectivity index (χ1n) is 6.18. The smallest absolute Gasteiger partial charge is 0.258 e. The summed E-state index contributed by atoms with van der Waals surface area (Å²) in [6.07, 6.45) is 1.89. The molecule has 102 valence electrons. The van der Waals surface area contributed by atoms with E-state index < -0.39 is 5.82 Å². The maximum Gasteiger partial charge on any atom is 0.258 e. The number of hydrogen-bond acceptors (Lipinski definition) is 3. The van der Waals surface area contributed by atoms with Gasteiger partial charge < -0.3 is 10.1 Å². The van der Waals surface area contributed by atoms with Crippen molar-refractivity contribution in [2.45, 2.75) is 32.7 Å². The lowest BCUT2D eigenvalue weighted by Crippen LogP contribution is -2.35. The molecule has 5 heteroatoms. The van der Waals surface area contributed by atoms with Crippen molar-refractivity contribution < 1.29 is 13.9 Å². The van der Waals surface area contributed by atoms with Crippen LogP contribution in [0.5, 0.6) is 5.75 Å². The second-order valence-electron chi connectivity index (χ2n) is 4.30. The first kappa shape index (κ1) is 15.0. The van der Waals surface area contributed by atoms with Crippen LogP contribution in [0.3, 0.4) is 0 Å². The highest BCUT2D eigenvalue weighted by molar-refractivity contribution is 5.77. The van der Waals surface area contributed by atoms with Gasteiger partial charge in [-0.2, -0.15) is 5.26 Å². The SMILES string of the molecule is CCCC(C)NC(=O)COc1ccc(C#N)c(F)c1. The van der Waals surface area contributed by atoms with Gasteiger partial charge in [0.05, 0.1) is 5.56 Å². The molecule has 0 bridgehead atoms. The number of hydrogen-bond donors (Lipinski definition) is 1. The number of nitriles is 1. The van der Waals surface area contributed by atoms with Crippen molar-refractivity contribution in [3.63, 3.8) is 0 Å². The summed E-state index contributed by atoms with van der Waals surface area (Å²) in [4.78, 5) is 11.5. The van der Waals surface area contributed by atoms with E-state index in [4.69, 9.17) is 10.00 Å². The molecule has 0 fully saturated rings. The lowest BCUT2D eigenvalue weighted by Gasteiger charge is -2.13. The van der Waals surface area contributed by atoms with E-state index in [1.54, 1.807) is 6.07 Å². The van der Waals surface area contributed by atoms with Crippen LogP contribution in [0.4, 0.5) is 4.39 Å². The Morgan fingerprint density at radius 1 is 1.58 bits per heavy atom. The molecule has 1 aromatic carbocycles. The summed E-state index contributed by atoms with van der Waals surface area (Å²) in [6.45, 7) is 3.79. The Kier molecular flexibility index (Phi) is 5.80. The molecular formula is C14H17FN2O2. The molecule has 1 amide bonds. The molecule has 1 atom stereocenters. The Morgan fingerprint density at radius 2 is 2.32 bits per heavy atom. The molecule has 0 spiro atoms. The van der Waals surface area contributed by atoms with Gasteiger partial charge in [-0.25, -0.2) is 4.39 Å². The van der Waals surface area contributed by atoms with Gasteiger partial charge in [0, 0.05) is 12.1 Å². The van der Waals surface area contributed by atoms with E-state index in [1.807, 2.05) is 13.8 Å². The zero-order valence-electron chi connectivity index (χ0n) is 11.1. The monoisotopic (exact) mass is 264 g/mol. The minimum Gasteiger partial charge on any atom is -0.484 e. The number of carbonyl (C=O) groups is 1. The van der Waals surface area contributed by atoms with Crippen LogP contribution in [0.25, 0.3) is 0 Å². The molecule has 0 saturated heterocycles. The molecular weight excluding hydrogens is 247 g/mol. The largest absolute Gasteiger partial charge is 0.484 e. The molecule has 0 aromatic heterocycles. The average Bonchev–Trinajstić information content (AvgIpc) is 2.36. The molecule has 0 saturated carbocycles. The topological polar surface area (TPSA) is 62.1 Å². The number of ether oxygens (including phenoxy) is 1. The van der Waals surface area contributed by atoms with Crippen LogP contribution in [0.2, 0.25) is 0 Å². The Morgan fingerprint density at radius 3 is 2.89 bits per heavy atom. The number of rotatable bonds is 6. The van der Waals surface area contributed by atoms with Gasteiger partial charge in [0.2, 0.25) is 0 Å². The fraction of sp³-hybridized carbons (Fsp3) is 0.429. The molecule has 1 unspecified atom stereocenters. The maximum absolute atomic E-state index is 13.3. The number of benzene rings is 1. The standard InChI is InChI=1S/C14H17FN2O2/c1-3-4-10(2)17-14(18)9-19-12-6-5-11(8-16)13(15)7-12/h5-7,10H,3-4,9H2,1-2H3,(H,17,18). The van der Waals surface area contributed by atoms with Crippen molar-refractivity contribution >= 4 is 5.91 Å². The first-order valence-corrected chi connectivity index (χ1v) is 6.18. The summed E-state index contributed by atoms with van der Waals surface area (Å²) in [7, 11) is 0. The summed E-state index contributed by atoms with van der Waals surface area (Å²) in [5.41, 5.74) is -0.0478. The zero-order valence-corrected chi connectivity index (χ0v) is 11.1. The summed E-state index contributed by atoms with van der Waals surface area (Å²) >= 11 is 0. The van der Waals surface area contributed by atoms with E-state index >= 15 is 0 Å².